The van der Waals surface area contributed by atoms with Gasteiger partial charge in [-0.1, -0.05) is 19.1 Å². The lowest BCUT2D eigenvalue weighted by molar-refractivity contribution is 0.603. The number of nitrogens with one attached hydrogen (secondary N) is 1. The third-order valence-corrected chi connectivity index (χ3v) is 4.03. The molecular weight excluding hydrogens is 321 g/mol. The molecule has 0 bridgehead atoms. The van der Waals surface area contributed by atoms with Gasteiger partial charge in [0, 0.05) is 36.1 Å². The van der Waals surface area contributed by atoms with Crippen molar-refractivity contribution in [2.75, 3.05) is 0 Å². The SMILES string of the molecule is CCCn1cc(-c2cc(=O)n3[nH]cc(-c4ccc(F)cc4)c3n2)cn1. The zero-order valence-corrected chi connectivity index (χ0v) is 13.6. The van der Waals surface area contributed by atoms with E-state index in [1.54, 1.807) is 24.5 Å². The van der Waals surface area contributed by atoms with Gasteiger partial charge in [-0.05, 0) is 24.1 Å². The molecule has 7 heteroatoms. The highest BCUT2D eigenvalue weighted by molar-refractivity contribution is 5.78. The molecule has 0 unspecified atom stereocenters. The molecule has 0 amide bonds. The summed E-state index contributed by atoms with van der Waals surface area (Å²) in [5.74, 6) is -0.308. The Balaban J connectivity index is 1.86. The van der Waals surface area contributed by atoms with Crippen LogP contribution in [0.4, 0.5) is 4.39 Å². The Kier molecular flexibility index (Phi) is 3.68. The molecule has 0 spiro atoms. The highest BCUT2D eigenvalue weighted by atomic mass is 19.1. The molecule has 25 heavy (non-hydrogen) atoms. The van der Waals surface area contributed by atoms with Gasteiger partial charge in [-0.25, -0.2) is 13.9 Å². The number of aromatic amines is 1. The highest BCUT2D eigenvalue weighted by Crippen LogP contribution is 2.24. The van der Waals surface area contributed by atoms with Crippen molar-refractivity contribution in [2.45, 2.75) is 19.9 Å². The molecule has 0 atom stereocenters. The van der Waals surface area contributed by atoms with Gasteiger partial charge in [-0.15, -0.1) is 0 Å². The second-order valence-electron chi connectivity index (χ2n) is 5.82. The lowest BCUT2D eigenvalue weighted by Crippen LogP contribution is -2.14. The fraction of sp³-hybridized carbons (Fsp3) is 0.167. The average molecular weight is 337 g/mol. The number of hydrogen-bond acceptors (Lipinski definition) is 3. The Morgan fingerprint density at radius 3 is 2.76 bits per heavy atom. The molecule has 1 N–H and O–H groups in total. The van der Waals surface area contributed by atoms with Crippen LogP contribution >= 0.6 is 0 Å². The first kappa shape index (κ1) is 15.3. The molecule has 4 rings (SSSR count). The fourth-order valence-electron chi connectivity index (χ4n) is 2.82. The summed E-state index contributed by atoms with van der Waals surface area (Å²) >= 11 is 0. The van der Waals surface area contributed by atoms with Gasteiger partial charge in [0.1, 0.15) is 5.82 Å². The van der Waals surface area contributed by atoms with E-state index in [1.807, 2.05) is 10.9 Å². The van der Waals surface area contributed by atoms with Crippen molar-refractivity contribution in [1.82, 2.24) is 24.4 Å². The summed E-state index contributed by atoms with van der Waals surface area (Å²) in [5, 5.41) is 7.19. The van der Waals surface area contributed by atoms with Crippen LogP contribution < -0.4 is 5.56 Å². The Morgan fingerprint density at radius 1 is 1.20 bits per heavy atom. The number of halogens is 1. The molecule has 0 radical (unpaired) electrons. The van der Waals surface area contributed by atoms with E-state index in [4.69, 9.17) is 0 Å². The first-order valence-electron chi connectivity index (χ1n) is 8.05. The minimum atomic E-state index is -0.308. The van der Waals surface area contributed by atoms with Crippen LogP contribution in [0, 0.1) is 5.82 Å². The predicted molar refractivity (Wildman–Crippen MR) is 92.7 cm³/mol. The van der Waals surface area contributed by atoms with Crippen LogP contribution in [-0.2, 0) is 6.54 Å². The molecule has 0 aliphatic heterocycles. The van der Waals surface area contributed by atoms with E-state index in [2.05, 4.69) is 22.1 Å². The predicted octanol–water partition coefficient (Wildman–Crippen LogP) is 3.10. The first-order valence-corrected chi connectivity index (χ1v) is 8.05. The molecule has 3 aromatic heterocycles. The van der Waals surface area contributed by atoms with Gasteiger partial charge in [0.2, 0.25) is 0 Å². The van der Waals surface area contributed by atoms with Crippen molar-refractivity contribution in [3.63, 3.8) is 0 Å². The Bertz CT molecular complexity index is 1090. The van der Waals surface area contributed by atoms with E-state index < -0.39 is 0 Å². The summed E-state index contributed by atoms with van der Waals surface area (Å²) < 4.78 is 16.4. The summed E-state index contributed by atoms with van der Waals surface area (Å²) in [6.07, 6.45) is 6.26. The standard InChI is InChI=1S/C18H16FN5O/c1-2-7-23-11-13(9-20-23)16-8-17(25)24-18(22-16)15(10-21-24)12-3-5-14(19)6-4-12/h3-6,8-11,21H,2,7H2,1H3. The number of rotatable bonds is 4. The van der Waals surface area contributed by atoms with Crippen LogP contribution in [0.1, 0.15) is 13.3 Å². The smallest absolute Gasteiger partial charge is 0.273 e. The van der Waals surface area contributed by atoms with Gasteiger partial charge in [0.05, 0.1) is 11.9 Å². The molecule has 0 aliphatic carbocycles. The van der Waals surface area contributed by atoms with Gasteiger partial charge in [-0.2, -0.15) is 5.10 Å². The largest absolute Gasteiger partial charge is 0.296 e. The Morgan fingerprint density at radius 2 is 2.00 bits per heavy atom. The number of nitrogens with zero attached hydrogens (tertiary/aromatic N) is 4. The molecule has 6 nitrogen and oxygen atoms in total. The van der Waals surface area contributed by atoms with E-state index in [-0.39, 0.29) is 11.4 Å². The van der Waals surface area contributed by atoms with Crippen molar-refractivity contribution in [3.05, 3.63) is 65.1 Å². The molecule has 0 fully saturated rings. The summed E-state index contributed by atoms with van der Waals surface area (Å²) in [4.78, 5) is 17.0. The third kappa shape index (κ3) is 2.73. The second kappa shape index (κ2) is 6.01. The summed E-state index contributed by atoms with van der Waals surface area (Å²) in [5.41, 5.74) is 3.16. The van der Waals surface area contributed by atoms with Crippen LogP contribution in [-0.4, -0.2) is 24.4 Å². The lowest BCUT2D eigenvalue weighted by atomic mass is 10.1. The van der Waals surface area contributed by atoms with Crippen LogP contribution in [0.3, 0.4) is 0 Å². The summed E-state index contributed by atoms with van der Waals surface area (Å²) in [6, 6.07) is 7.57. The number of aryl methyl sites for hydroxylation is 1. The number of benzene rings is 1. The van der Waals surface area contributed by atoms with Crippen LogP contribution in [0.2, 0.25) is 0 Å². The van der Waals surface area contributed by atoms with Crippen LogP contribution in [0.25, 0.3) is 28.0 Å². The summed E-state index contributed by atoms with van der Waals surface area (Å²) in [7, 11) is 0. The van der Waals surface area contributed by atoms with E-state index in [0.29, 0.717) is 11.3 Å². The zero-order chi connectivity index (χ0) is 17.4. The first-order chi connectivity index (χ1) is 12.2. The van der Waals surface area contributed by atoms with Gasteiger partial charge >= 0.3 is 0 Å². The maximum Gasteiger partial charge on any atom is 0.273 e. The fourth-order valence-corrected chi connectivity index (χ4v) is 2.82. The summed E-state index contributed by atoms with van der Waals surface area (Å²) in [6.45, 7) is 2.89. The van der Waals surface area contributed by atoms with E-state index >= 15 is 0 Å². The van der Waals surface area contributed by atoms with E-state index in [9.17, 15) is 9.18 Å². The normalized spacial score (nSPS) is 11.3. The maximum absolute atomic E-state index is 13.2. The van der Waals surface area contributed by atoms with Gasteiger partial charge in [-0.3, -0.25) is 14.6 Å². The zero-order valence-electron chi connectivity index (χ0n) is 13.6. The molecule has 0 aliphatic rings. The molecular formula is C18H16FN5O. The number of hydrogen-bond donors (Lipinski definition) is 1. The number of H-pyrrole nitrogens is 1. The quantitative estimate of drug-likeness (QED) is 0.622. The topological polar surface area (TPSA) is 68.0 Å². The van der Waals surface area contributed by atoms with Gasteiger partial charge in [0.25, 0.3) is 5.56 Å². The van der Waals surface area contributed by atoms with E-state index in [0.717, 1.165) is 29.7 Å². The van der Waals surface area contributed by atoms with Crippen molar-refractivity contribution in [1.29, 1.82) is 0 Å². The van der Waals surface area contributed by atoms with Crippen molar-refractivity contribution in [2.24, 2.45) is 0 Å². The minimum absolute atomic E-state index is 0.211. The molecule has 0 saturated heterocycles. The maximum atomic E-state index is 13.2. The van der Waals surface area contributed by atoms with E-state index in [1.165, 1.54) is 22.7 Å². The molecule has 0 saturated carbocycles. The third-order valence-electron chi connectivity index (χ3n) is 4.03. The lowest BCUT2D eigenvalue weighted by Gasteiger charge is -2.01. The van der Waals surface area contributed by atoms with Crippen molar-refractivity contribution in [3.8, 4) is 22.4 Å². The van der Waals surface area contributed by atoms with Gasteiger partial charge < -0.3 is 0 Å². The van der Waals surface area contributed by atoms with Crippen molar-refractivity contribution >= 4 is 5.65 Å². The molecule has 126 valence electrons. The average Bonchev–Trinajstić information content (AvgIpc) is 3.23. The van der Waals surface area contributed by atoms with Gasteiger partial charge in [0.15, 0.2) is 5.65 Å². The minimum Gasteiger partial charge on any atom is -0.296 e. The highest BCUT2D eigenvalue weighted by Gasteiger charge is 2.13. The Labute approximate surface area is 142 Å². The molecule has 1 aromatic carbocycles. The van der Waals surface area contributed by atoms with Crippen molar-refractivity contribution < 1.29 is 4.39 Å². The molecule has 3 heterocycles. The Hall–Kier alpha value is -3.22. The second-order valence-corrected chi connectivity index (χ2v) is 5.82. The van der Waals surface area contributed by atoms with Crippen LogP contribution in [0.5, 0.6) is 0 Å². The molecule has 4 aromatic rings. The van der Waals surface area contributed by atoms with Crippen LogP contribution in [0.15, 0.2) is 53.7 Å². The monoisotopic (exact) mass is 337 g/mol. The number of fused-ring (bicyclic) bond motifs is 1. The number of aromatic nitrogens is 5.